The largest absolute Gasteiger partial charge is 0.394 e. The average molecular weight is 205 g/mol. The van der Waals surface area contributed by atoms with Gasteiger partial charge in [0.25, 0.3) is 0 Å². The number of para-hydroxylation sites is 1. The van der Waals surface area contributed by atoms with Gasteiger partial charge in [-0.15, -0.1) is 6.58 Å². The van der Waals surface area contributed by atoms with Gasteiger partial charge in [0.2, 0.25) is 0 Å². The second kappa shape index (κ2) is 6.25. The Hall–Kier alpha value is -1.28. The molecule has 1 aromatic rings. The lowest BCUT2D eigenvalue weighted by molar-refractivity contribution is 0.257. The number of benzene rings is 1. The van der Waals surface area contributed by atoms with Gasteiger partial charge in [-0.2, -0.15) is 0 Å². The maximum Gasteiger partial charge on any atom is 0.0635 e. The van der Waals surface area contributed by atoms with Crippen molar-refractivity contribution in [2.45, 2.75) is 19.4 Å². The van der Waals surface area contributed by atoms with Gasteiger partial charge in [0, 0.05) is 12.2 Å². The summed E-state index contributed by atoms with van der Waals surface area (Å²) in [5, 5.41) is 9.31. The van der Waals surface area contributed by atoms with Crippen LogP contribution in [0.3, 0.4) is 0 Å². The Kier molecular flexibility index (Phi) is 4.91. The van der Waals surface area contributed by atoms with E-state index in [-0.39, 0.29) is 12.6 Å². The van der Waals surface area contributed by atoms with E-state index in [2.05, 4.69) is 30.5 Å². The monoisotopic (exact) mass is 205 g/mol. The fourth-order valence-corrected chi connectivity index (χ4v) is 1.67. The summed E-state index contributed by atoms with van der Waals surface area (Å²) in [6.45, 7) is 6.78. The van der Waals surface area contributed by atoms with E-state index in [1.54, 1.807) is 0 Å². The quantitative estimate of drug-likeness (QED) is 0.721. The van der Waals surface area contributed by atoms with Crippen LogP contribution in [0.5, 0.6) is 0 Å². The maximum atomic E-state index is 9.31. The minimum atomic E-state index is 0.172. The predicted octanol–water partition coefficient (Wildman–Crippen LogP) is 2.45. The molecule has 0 aliphatic carbocycles. The van der Waals surface area contributed by atoms with Crippen LogP contribution in [-0.4, -0.2) is 24.3 Å². The van der Waals surface area contributed by atoms with Crippen molar-refractivity contribution in [3.63, 3.8) is 0 Å². The Balaban J connectivity index is 2.86. The summed E-state index contributed by atoms with van der Waals surface area (Å²) in [6, 6.07) is 10.3. The highest BCUT2D eigenvalue weighted by Gasteiger charge is 2.14. The highest BCUT2D eigenvalue weighted by molar-refractivity contribution is 5.47. The lowest BCUT2D eigenvalue weighted by atomic mass is 10.1. The van der Waals surface area contributed by atoms with Gasteiger partial charge in [0.05, 0.1) is 12.6 Å². The molecule has 1 N–H and O–H groups in total. The van der Waals surface area contributed by atoms with Crippen LogP contribution in [0.25, 0.3) is 0 Å². The van der Waals surface area contributed by atoms with Gasteiger partial charge in [0.15, 0.2) is 0 Å². The zero-order valence-corrected chi connectivity index (χ0v) is 9.26. The van der Waals surface area contributed by atoms with Gasteiger partial charge in [-0.3, -0.25) is 0 Å². The van der Waals surface area contributed by atoms with Crippen molar-refractivity contribution in [2.75, 3.05) is 18.1 Å². The molecule has 15 heavy (non-hydrogen) atoms. The Morgan fingerprint density at radius 3 is 2.53 bits per heavy atom. The topological polar surface area (TPSA) is 23.5 Å². The van der Waals surface area contributed by atoms with Crippen molar-refractivity contribution in [3.05, 3.63) is 43.0 Å². The van der Waals surface area contributed by atoms with Crippen molar-refractivity contribution in [1.29, 1.82) is 0 Å². The Morgan fingerprint density at radius 2 is 2.07 bits per heavy atom. The second-order valence-corrected chi connectivity index (χ2v) is 3.52. The molecule has 0 heterocycles. The van der Waals surface area contributed by atoms with Gasteiger partial charge in [0.1, 0.15) is 0 Å². The number of aliphatic hydroxyl groups excluding tert-OH is 1. The first-order chi connectivity index (χ1) is 7.33. The van der Waals surface area contributed by atoms with Crippen LogP contribution in [0, 0.1) is 0 Å². The molecule has 0 radical (unpaired) electrons. The lowest BCUT2D eigenvalue weighted by Gasteiger charge is -2.31. The van der Waals surface area contributed by atoms with Crippen molar-refractivity contribution in [2.24, 2.45) is 0 Å². The van der Waals surface area contributed by atoms with E-state index in [0.29, 0.717) is 0 Å². The Morgan fingerprint density at radius 1 is 1.40 bits per heavy atom. The van der Waals surface area contributed by atoms with Crippen molar-refractivity contribution >= 4 is 5.69 Å². The van der Waals surface area contributed by atoms with Gasteiger partial charge in [-0.25, -0.2) is 0 Å². The molecule has 2 nitrogen and oxygen atoms in total. The molecule has 1 atom stereocenters. The molecule has 0 saturated heterocycles. The summed E-state index contributed by atoms with van der Waals surface area (Å²) in [5.41, 5.74) is 1.14. The van der Waals surface area contributed by atoms with Gasteiger partial charge >= 0.3 is 0 Å². The van der Waals surface area contributed by atoms with Crippen LogP contribution in [0.1, 0.15) is 13.3 Å². The zero-order chi connectivity index (χ0) is 11.1. The van der Waals surface area contributed by atoms with Gasteiger partial charge < -0.3 is 10.0 Å². The number of hydrogen-bond donors (Lipinski definition) is 1. The molecule has 0 aromatic heterocycles. The van der Waals surface area contributed by atoms with Crippen LogP contribution in [0.4, 0.5) is 5.69 Å². The van der Waals surface area contributed by atoms with Crippen LogP contribution < -0.4 is 4.90 Å². The van der Waals surface area contributed by atoms with Crippen molar-refractivity contribution < 1.29 is 5.11 Å². The van der Waals surface area contributed by atoms with E-state index in [1.165, 1.54) is 0 Å². The van der Waals surface area contributed by atoms with Crippen molar-refractivity contribution in [1.82, 2.24) is 0 Å². The number of anilines is 1. The highest BCUT2D eigenvalue weighted by atomic mass is 16.3. The van der Waals surface area contributed by atoms with Crippen LogP contribution >= 0.6 is 0 Å². The number of nitrogens with zero attached hydrogens (tertiary/aromatic N) is 1. The van der Waals surface area contributed by atoms with E-state index in [9.17, 15) is 5.11 Å². The molecular formula is C13H19NO. The molecule has 0 saturated carbocycles. The minimum absolute atomic E-state index is 0.172. The Labute approximate surface area is 91.9 Å². The van der Waals surface area contributed by atoms with E-state index in [0.717, 1.165) is 18.7 Å². The third-order valence-corrected chi connectivity index (χ3v) is 2.54. The first kappa shape index (κ1) is 11.8. The Bertz CT molecular complexity index is 280. The summed E-state index contributed by atoms with van der Waals surface area (Å²) in [7, 11) is 0. The fourth-order valence-electron chi connectivity index (χ4n) is 1.67. The standard InChI is InChI=1S/C13H19NO/c1-3-10-14(12(4-2)11-15)13-8-6-5-7-9-13/h3,5-9,12,15H,1,4,10-11H2,2H3. The van der Waals surface area contributed by atoms with Gasteiger partial charge in [-0.1, -0.05) is 31.2 Å². The van der Waals surface area contributed by atoms with E-state index < -0.39 is 0 Å². The SMILES string of the molecule is C=CCN(c1ccccc1)C(CC)CO. The molecule has 0 bridgehead atoms. The summed E-state index contributed by atoms with van der Waals surface area (Å²) in [4.78, 5) is 2.17. The van der Waals surface area contributed by atoms with Gasteiger partial charge in [-0.05, 0) is 18.6 Å². The first-order valence-electron chi connectivity index (χ1n) is 5.37. The number of rotatable bonds is 6. The van der Waals surface area contributed by atoms with Crippen LogP contribution in [0.2, 0.25) is 0 Å². The molecular weight excluding hydrogens is 186 g/mol. The summed E-state index contributed by atoms with van der Waals surface area (Å²) in [5.74, 6) is 0. The van der Waals surface area contributed by atoms with E-state index >= 15 is 0 Å². The lowest BCUT2D eigenvalue weighted by Crippen LogP contribution is -2.37. The fraction of sp³-hybridized carbons (Fsp3) is 0.385. The molecule has 2 heteroatoms. The third-order valence-electron chi connectivity index (χ3n) is 2.54. The average Bonchev–Trinajstić information content (AvgIpc) is 2.30. The molecule has 1 rings (SSSR count). The molecule has 1 aromatic carbocycles. The highest BCUT2D eigenvalue weighted by Crippen LogP contribution is 2.17. The first-order valence-corrected chi connectivity index (χ1v) is 5.37. The number of hydrogen-bond acceptors (Lipinski definition) is 2. The smallest absolute Gasteiger partial charge is 0.0635 e. The van der Waals surface area contributed by atoms with E-state index in [4.69, 9.17) is 0 Å². The molecule has 82 valence electrons. The summed E-state index contributed by atoms with van der Waals surface area (Å²) >= 11 is 0. The molecule has 0 spiro atoms. The normalized spacial score (nSPS) is 12.1. The number of aliphatic hydroxyl groups is 1. The third kappa shape index (κ3) is 3.10. The van der Waals surface area contributed by atoms with Crippen LogP contribution in [0.15, 0.2) is 43.0 Å². The van der Waals surface area contributed by atoms with Crippen LogP contribution in [-0.2, 0) is 0 Å². The second-order valence-electron chi connectivity index (χ2n) is 3.52. The predicted molar refractivity (Wildman–Crippen MR) is 65.1 cm³/mol. The van der Waals surface area contributed by atoms with E-state index in [1.807, 2.05) is 24.3 Å². The summed E-state index contributed by atoms with van der Waals surface area (Å²) in [6.07, 6.45) is 2.80. The molecule has 0 aliphatic heterocycles. The molecule has 0 aliphatic rings. The summed E-state index contributed by atoms with van der Waals surface area (Å²) < 4.78 is 0. The maximum absolute atomic E-state index is 9.31. The zero-order valence-electron chi connectivity index (χ0n) is 9.26. The minimum Gasteiger partial charge on any atom is -0.394 e. The molecule has 0 amide bonds. The molecule has 1 unspecified atom stereocenters. The van der Waals surface area contributed by atoms with Crippen molar-refractivity contribution in [3.8, 4) is 0 Å². The molecule has 0 fully saturated rings.